The van der Waals surface area contributed by atoms with Crippen molar-refractivity contribution in [1.82, 2.24) is 8.68 Å². The molecule has 2 fully saturated rings. The number of nitrogens with one attached hydrogen (secondary N) is 1. The van der Waals surface area contributed by atoms with Crippen molar-refractivity contribution in [2.45, 2.75) is 36.6 Å². The van der Waals surface area contributed by atoms with Gasteiger partial charge in [-0.1, -0.05) is 11.5 Å². The van der Waals surface area contributed by atoms with Crippen LogP contribution in [0.25, 0.3) is 10.1 Å². The second-order valence-corrected chi connectivity index (χ2v) is 8.98. The maximum absolute atomic E-state index is 13.2. The summed E-state index contributed by atoms with van der Waals surface area (Å²) in [5, 5.41) is 0.349. The van der Waals surface area contributed by atoms with E-state index >= 15 is 0 Å². The molecular weight excluding hydrogens is 315 g/mol. The van der Waals surface area contributed by atoms with Crippen LogP contribution in [-0.2, 0) is 16.6 Å². The fourth-order valence-electron chi connectivity index (χ4n) is 3.02. The number of hydrogen-bond acceptors (Lipinski definition) is 4. The summed E-state index contributed by atoms with van der Waals surface area (Å²) in [6.45, 7) is 0.306. The fraction of sp³-hybridized carbons (Fsp3) is 0.462. The zero-order valence-corrected chi connectivity index (χ0v) is 12.6. The van der Waals surface area contributed by atoms with E-state index in [1.807, 2.05) is 0 Å². The Morgan fingerprint density at radius 1 is 1.43 bits per heavy atom. The Morgan fingerprint density at radius 3 is 2.86 bits per heavy atom. The average molecular weight is 328 g/mol. The molecule has 1 aliphatic carbocycles. The predicted octanol–water partition coefficient (Wildman–Crippen LogP) is 1.43. The molecule has 2 aliphatic rings. The van der Waals surface area contributed by atoms with Crippen LogP contribution in [0, 0.1) is 5.82 Å². The molecule has 112 valence electrons. The highest BCUT2D eigenvalue weighted by atomic mass is 32.2. The average Bonchev–Trinajstić information content (AvgIpc) is 3.07. The molecule has 4 rings (SSSR count). The fourth-order valence-corrected chi connectivity index (χ4v) is 5.98. The van der Waals surface area contributed by atoms with Crippen molar-refractivity contribution >= 4 is 31.6 Å². The highest BCUT2D eigenvalue weighted by Gasteiger charge is 2.60. The number of benzene rings is 1. The maximum Gasteiger partial charge on any atom is 0.268 e. The van der Waals surface area contributed by atoms with E-state index in [1.54, 1.807) is 6.07 Å². The number of sulfonamides is 1. The SMILES string of the molecule is O=c1c2cc(F)ccc2sn1CC1CC2(CC2)S(=O)(=O)N1. The van der Waals surface area contributed by atoms with E-state index in [1.165, 1.54) is 27.6 Å². The Kier molecular flexibility index (Phi) is 2.65. The van der Waals surface area contributed by atoms with E-state index < -0.39 is 20.6 Å². The third kappa shape index (κ3) is 1.96. The van der Waals surface area contributed by atoms with Crippen LogP contribution in [-0.4, -0.2) is 23.2 Å². The lowest BCUT2D eigenvalue weighted by Crippen LogP contribution is -2.32. The molecule has 1 aromatic carbocycles. The Labute approximate surface area is 124 Å². The highest BCUT2D eigenvalue weighted by Crippen LogP contribution is 2.50. The van der Waals surface area contributed by atoms with Gasteiger partial charge in [0, 0.05) is 6.04 Å². The summed E-state index contributed by atoms with van der Waals surface area (Å²) in [6.07, 6.45) is 1.95. The standard InChI is InChI=1S/C13H13FN2O3S2/c14-8-1-2-11-10(5-8)12(17)16(20-11)7-9-6-13(3-4-13)21(18,19)15-9/h1-2,5,9,15H,3-4,6-7H2. The van der Waals surface area contributed by atoms with Gasteiger partial charge in [0.2, 0.25) is 10.0 Å². The van der Waals surface area contributed by atoms with Crippen LogP contribution < -0.4 is 10.3 Å². The van der Waals surface area contributed by atoms with Crippen LogP contribution in [0.15, 0.2) is 23.0 Å². The number of halogens is 1. The first kappa shape index (κ1) is 13.4. The molecule has 0 radical (unpaired) electrons. The van der Waals surface area contributed by atoms with Crippen molar-refractivity contribution in [3.8, 4) is 0 Å². The van der Waals surface area contributed by atoms with Gasteiger partial charge in [0.15, 0.2) is 0 Å². The summed E-state index contributed by atoms with van der Waals surface area (Å²) in [6, 6.07) is 3.87. The molecule has 0 amide bonds. The second kappa shape index (κ2) is 4.15. The molecule has 1 unspecified atom stereocenters. The minimum Gasteiger partial charge on any atom is -0.268 e. The van der Waals surface area contributed by atoms with Crippen molar-refractivity contribution < 1.29 is 12.8 Å². The summed E-state index contributed by atoms with van der Waals surface area (Å²) in [4.78, 5) is 12.2. The molecule has 1 saturated heterocycles. The first-order chi connectivity index (χ1) is 9.90. The van der Waals surface area contributed by atoms with Crippen LogP contribution in [0.3, 0.4) is 0 Å². The number of aromatic nitrogens is 1. The number of hydrogen-bond donors (Lipinski definition) is 1. The Bertz CT molecular complexity index is 896. The smallest absolute Gasteiger partial charge is 0.268 e. The Balaban J connectivity index is 1.67. The van der Waals surface area contributed by atoms with Crippen molar-refractivity contribution in [3.05, 3.63) is 34.4 Å². The molecule has 5 nitrogen and oxygen atoms in total. The molecule has 21 heavy (non-hydrogen) atoms. The zero-order valence-electron chi connectivity index (χ0n) is 11.0. The lowest BCUT2D eigenvalue weighted by Gasteiger charge is -2.07. The molecule has 8 heteroatoms. The van der Waals surface area contributed by atoms with Gasteiger partial charge in [-0.15, -0.1) is 0 Å². The molecule has 2 aromatic rings. The van der Waals surface area contributed by atoms with Gasteiger partial charge in [0.05, 0.1) is 21.4 Å². The minimum absolute atomic E-state index is 0.256. The van der Waals surface area contributed by atoms with Crippen LogP contribution in [0.1, 0.15) is 19.3 Å². The van der Waals surface area contributed by atoms with Gasteiger partial charge in [0.25, 0.3) is 5.56 Å². The Hall–Kier alpha value is -1.25. The van der Waals surface area contributed by atoms with Gasteiger partial charge in [-0.3, -0.25) is 8.75 Å². The molecule has 2 heterocycles. The molecule has 1 aliphatic heterocycles. The summed E-state index contributed by atoms with van der Waals surface area (Å²) in [7, 11) is -3.25. The van der Waals surface area contributed by atoms with Crippen molar-refractivity contribution in [2.75, 3.05) is 0 Å². The van der Waals surface area contributed by atoms with Gasteiger partial charge in [-0.25, -0.2) is 17.5 Å². The predicted molar refractivity (Wildman–Crippen MR) is 78.5 cm³/mol. The van der Waals surface area contributed by atoms with E-state index in [0.717, 1.165) is 0 Å². The first-order valence-corrected chi connectivity index (χ1v) is 8.97. The molecule has 1 atom stereocenters. The molecule has 1 spiro atoms. The van der Waals surface area contributed by atoms with Gasteiger partial charge in [0.1, 0.15) is 5.82 Å². The minimum atomic E-state index is -3.25. The lowest BCUT2D eigenvalue weighted by molar-refractivity contribution is 0.522. The monoisotopic (exact) mass is 328 g/mol. The van der Waals surface area contributed by atoms with Gasteiger partial charge in [-0.05, 0) is 37.5 Å². The normalized spacial score (nSPS) is 25.7. The van der Waals surface area contributed by atoms with E-state index in [9.17, 15) is 17.6 Å². The van der Waals surface area contributed by atoms with Crippen LogP contribution in [0.4, 0.5) is 4.39 Å². The first-order valence-electron chi connectivity index (χ1n) is 6.72. The van der Waals surface area contributed by atoms with E-state index in [0.29, 0.717) is 35.9 Å². The second-order valence-electron chi connectivity index (χ2n) is 5.80. The molecule has 0 bridgehead atoms. The number of nitrogens with zero attached hydrogens (tertiary/aromatic N) is 1. The summed E-state index contributed by atoms with van der Waals surface area (Å²) >= 11 is 1.24. The molecule has 1 saturated carbocycles. The van der Waals surface area contributed by atoms with Crippen molar-refractivity contribution in [2.24, 2.45) is 0 Å². The van der Waals surface area contributed by atoms with Gasteiger partial charge in [-0.2, -0.15) is 0 Å². The zero-order chi connectivity index (χ0) is 14.8. The topological polar surface area (TPSA) is 68.2 Å². The third-order valence-electron chi connectivity index (χ3n) is 4.31. The van der Waals surface area contributed by atoms with Gasteiger partial charge >= 0.3 is 0 Å². The van der Waals surface area contributed by atoms with Crippen LogP contribution in [0.5, 0.6) is 0 Å². The third-order valence-corrected chi connectivity index (χ3v) is 7.76. The van der Waals surface area contributed by atoms with Crippen LogP contribution >= 0.6 is 11.5 Å². The van der Waals surface area contributed by atoms with E-state index in [4.69, 9.17) is 0 Å². The molecule has 1 N–H and O–H groups in total. The van der Waals surface area contributed by atoms with E-state index in [2.05, 4.69) is 4.72 Å². The quantitative estimate of drug-likeness (QED) is 0.907. The largest absolute Gasteiger partial charge is 0.268 e. The van der Waals surface area contributed by atoms with Crippen molar-refractivity contribution in [3.63, 3.8) is 0 Å². The molecule has 1 aromatic heterocycles. The highest BCUT2D eigenvalue weighted by molar-refractivity contribution is 7.91. The maximum atomic E-state index is 13.2. The summed E-state index contributed by atoms with van der Waals surface area (Å²) in [5.74, 6) is -0.442. The Morgan fingerprint density at radius 2 is 2.19 bits per heavy atom. The number of fused-ring (bicyclic) bond motifs is 1. The van der Waals surface area contributed by atoms with Crippen LogP contribution in [0.2, 0.25) is 0 Å². The van der Waals surface area contributed by atoms with Gasteiger partial charge < -0.3 is 0 Å². The number of rotatable bonds is 2. The summed E-state index contributed by atoms with van der Waals surface area (Å²) < 4.78 is 41.5. The summed E-state index contributed by atoms with van der Waals surface area (Å²) in [5.41, 5.74) is -0.259. The molecular formula is C13H13FN2O3S2. The van der Waals surface area contributed by atoms with Crippen molar-refractivity contribution in [1.29, 1.82) is 0 Å². The lowest BCUT2D eigenvalue weighted by atomic mass is 10.1. The van der Waals surface area contributed by atoms with E-state index in [-0.39, 0.29) is 11.6 Å².